The topological polar surface area (TPSA) is 44.1 Å². The fraction of sp³-hybridized carbons (Fsp3) is 0.500. The van der Waals surface area contributed by atoms with E-state index in [0.29, 0.717) is 5.88 Å². The molecule has 0 N–H and O–H groups in total. The lowest BCUT2D eigenvalue weighted by atomic mass is 10.5. The minimum absolute atomic E-state index is 0.608. The zero-order chi connectivity index (χ0) is 7.64. The molecule has 0 amide bonds. The van der Waals surface area contributed by atoms with Gasteiger partial charge in [-0.1, -0.05) is 6.92 Å². The molecule has 0 bridgehead atoms. The Bertz CT molecular complexity index is 396. The summed E-state index contributed by atoms with van der Waals surface area (Å²) in [7, 11) is -2.32. The molecule has 1 atom stereocenters. The number of nitrogens with zero attached hydrogens (tertiary/aromatic N) is 2. The van der Waals surface area contributed by atoms with Gasteiger partial charge in [-0.05, 0) is 6.42 Å². The molecule has 0 spiro atoms. The van der Waals surface area contributed by atoms with Crippen LogP contribution in [-0.4, -0.2) is 9.78 Å². The summed E-state index contributed by atoms with van der Waals surface area (Å²) in [5, 5.41) is 5.01. The highest BCUT2D eigenvalue weighted by Gasteiger charge is 2.67. The Morgan fingerprint density at radius 1 is 1.73 bits per heavy atom. The molecule has 0 aromatic carbocycles. The summed E-state index contributed by atoms with van der Waals surface area (Å²) in [6.45, 7) is 2.93. The van der Waals surface area contributed by atoms with Crippen LogP contribution in [-0.2, 0) is 11.1 Å². The van der Waals surface area contributed by atoms with Gasteiger partial charge in [0.25, 0.3) is 5.88 Å². The number of rotatable bonds is 2. The highest BCUT2D eigenvalue weighted by atomic mass is 31.2. The summed E-state index contributed by atoms with van der Waals surface area (Å²) in [6, 6.07) is 0. The van der Waals surface area contributed by atoms with Crippen LogP contribution >= 0.6 is 7.37 Å². The van der Waals surface area contributed by atoms with Crippen molar-refractivity contribution < 1.29 is 9.09 Å². The molecular formula is C6H7N2O2P. The van der Waals surface area contributed by atoms with Crippen LogP contribution < -0.4 is 15.3 Å². The molecule has 1 aromatic rings. The van der Waals surface area contributed by atoms with E-state index >= 15 is 0 Å². The molecule has 2 aliphatic heterocycles. The van der Waals surface area contributed by atoms with Gasteiger partial charge >= 0.3 is 7.37 Å². The van der Waals surface area contributed by atoms with Crippen molar-refractivity contribution in [3.05, 3.63) is 0 Å². The Morgan fingerprint density at radius 2 is 2.55 bits per heavy atom. The Hall–Kier alpha value is -0.760. The van der Waals surface area contributed by atoms with E-state index in [2.05, 4.69) is 12.0 Å². The van der Waals surface area contributed by atoms with Crippen molar-refractivity contribution >= 4 is 18.1 Å². The van der Waals surface area contributed by atoms with E-state index in [1.54, 1.807) is 0 Å². The van der Waals surface area contributed by atoms with E-state index in [9.17, 15) is 4.57 Å². The number of hydrogen-bond acceptors (Lipinski definition) is 3. The Morgan fingerprint density at radius 3 is 3.09 bits per heavy atom. The van der Waals surface area contributed by atoms with E-state index in [0.717, 1.165) is 23.7 Å². The van der Waals surface area contributed by atoms with E-state index < -0.39 is 7.37 Å². The molecule has 3 heterocycles. The molecular weight excluding hydrogens is 163 g/mol. The summed E-state index contributed by atoms with van der Waals surface area (Å²) >= 11 is 0. The van der Waals surface area contributed by atoms with Crippen LogP contribution in [0.15, 0.2) is 0 Å². The second kappa shape index (κ2) is 1.39. The normalized spacial score (nSPS) is 28.8. The van der Waals surface area contributed by atoms with E-state index in [-0.39, 0.29) is 0 Å². The fourth-order valence-corrected chi connectivity index (χ4v) is 3.58. The highest BCUT2D eigenvalue weighted by molar-refractivity contribution is 7.87. The molecule has 0 saturated carbocycles. The Balaban J connectivity index is 2.12. The van der Waals surface area contributed by atoms with Crippen molar-refractivity contribution in [2.75, 3.05) is 0 Å². The maximum absolute atomic E-state index is 11.4. The van der Waals surface area contributed by atoms with Crippen molar-refractivity contribution in [1.82, 2.24) is 9.78 Å². The van der Waals surface area contributed by atoms with Crippen LogP contribution in [0.25, 0.3) is 0 Å². The summed E-state index contributed by atoms with van der Waals surface area (Å²) < 4.78 is 18.2. The van der Waals surface area contributed by atoms with Crippen LogP contribution in [0.4, 0.5) is 0 Å². The third-order valence-electron chi connectivity index (χ3n) is 2.04. The lowest BCUT2D eigenvalue weighted by Gasteiger charge is -2.13. The maximum atomic E-state index is 11.4. The first-order valence-corrected chi connectivity index (χ1v) is 5.31. The third-order valence-corrected chi connectivity index (χ3v) is 4.25. The lowest BCUT2D eigenvalue weighted by molar-refractivity contribution is 0.456. The standard InChI is InChI=1S/C6H7N2O2P/c1-2-3-8-6-4-5(7-8)10-11(4,6)9/h2-3H2,1H3/t11-/m0/s1. The summed E-state index contributed by atoms with van der Waals surface area (Å²) in [6.07, 6.45) is 1.02. The van der Waals surface area contributed by atoms with Gasteiger partial charge in [0, 0.05) is 6.54 Å². The van der Waals surface area contributed by atoms with Gasteiger partial charge in [-0.3, -0.25) is 9.25 Å². The molecule has 1 aromatic heterocycles. The summed E-state index contributed by atoms with van der Waals surface area (Å²) in [5.74, 6) is 0.608. The van der Waals surface area contributed by atoms with Crippen molar-refractivity contribution in [2.45, 2.75) is 19.9 Å². The average molecular weight is 170 g/mol. The smallest absolute Gasteiger partial charge is 0.334 e. The molecule has 0 radical (unpaired) electrons. The largest absolute Gasteiger partial charge is 0.415 e. The summed E-state index contributed by atoms with van der Waals surface area (Å²) in [5.41, 5.74) is 0.870. The van der Waals surface area contributed by atoms with E-state index in [1.807, 2.05) is 4.68 Å². The van der Waals surface area contributed by atoms with Crippen LogP contribution in [0.2, 0.25) is 0 Å². The molecule has 0 aliphatic carbocycles. The van der Waals surface area contributed by atoms with Gasteiger partial charge in [0.2, 0.25) is 0 Å². The van der Waals surface area contributed by atoms with Crippen molar-refractivity contribution in [2.24, 2.45) is 0 Å². The van der Waals surface area contributed by atoms with Gasteiger partial charge in [-0.25, -0.2) is 0 Å². The zero-order valence-corrected chi connectivity index (χ0v) is 6.97. The van der Waals surface area contributed by atoms with Crippen molar-refractivity contribution in [3.8, 4) is 5.88 Å². The number of aromatic nitrogens is 2. The van der Waals surface area contributed by atoms with Crippen LogP contribution in [0, 0.1) is 0 Å². The van der Waals surface area contributed by atoms with Gasteiger partial charge in [-0.2, -0.15) is 0 Å². The van der Waals surface area contributed by atoms with E-state index in [1.165, 1.54) is 0 Å². The first-order chi connectivity index (χ1) is 5.27. The van der Waals surface area contributed by atoms with Crippen LogP contribution in [0.1, 0.15) is 13.3 Å². The summed E-state index contributed by atoms with van der Waals surface area (Å²) in [4.78, 5) is 0. The predicted molar refractivity (Wildman–Crippen MR) is 40.0 cm³/mol. The van der Waals surface area contributed by atoms with Gasteiger partial charge in [0.1, 0.15) is 0 Å². The quantitative estimate of drug-likeness (QED) is 0.596. The minimum atomic E-state index is -2.32. The molecule has 58 valence electrons. The molecule has 11 heavy (non-hydrogen) atoms. The number of hydrogen-bond donors (Lipinski definition) is 0. The second-order valence-corrected chi connectivity index (χ2v) is 5.00. The van der Waals surface area contributed by atoms with Crippen molar-refractivity contribution in [3.63, 3.8) is 0 Å². The Labute approximate surface area is 63.6 Å². The fourth-order valence-electron chi connectivity index (χ4n) is 1.51. The van der Waals surface area contributed by atoms with Crippen molar-refractivity contribution in [1.29, 1.82) is 0 Å². The molecule has 0 fully saturated rings. The predicted octanol–water partition coefficient (Wildman–Crippen LogP) is 0.228. The average Bonchev–Trinajstić information content (AvgIpc) is 2.31. The first-order valence-electron chi connectivity index (χ1n) is 3.69. The first kappa shape index (κ1) is 5.84. The van der Waals surface area contributed by atoms with E-state index in [4.69, 9.17) is 4.52 Å². The molecule has 3 rings (SSSR count). The monoisotopic (exact) mass is 170 g/mol. The van der Waals surface area contributed by atoms with Crippen LogP contribution in [0.3, 0.4) is 0 Å². The van der Waals surface area contributed by atoms with Gasteiger partial charge in [0.15, 0.2) is 10.7 Å². The molecule has 0 saturated heterocycles. The third kappa shape index (κ3) is 0.438. The van der Waals surface area contributed by atoms with Gasteiger partial charge < -0.3 is 4.52 Å². The maximum Gasteiger partial charge on any atom is 0.334 e. The highest BCUT2D eigenvalue weighted by Crippen LogP contribution is 2.66. The number of fused-ring (bicyclic) bond motifs is 1. The lowest BCUT2D eigenvalue weighted by Crippen LogP contribution is -2.15. The molecule has 4 nitrogen and oxygen atoms in total. The van der Waals surface area contributed by atoms with Gasteiger partial charge in [-0.15, -0.1) is 5.10 Å². The Kier molecular flexibility index (Phi) is 0.738. The zero-order valence-electron chi connectivity index (χ0n) is 6.07. The molecule has 0 unspecified atom stereocenters. The molecule has 2 aliphatic rings. The minimum Gasteiger partial charge on any atom is -0.415 e. The van der Waals surface area contributed by atoms with Crippen LogP contribution in [0.5, 0.6) is 5.88 Å². The number of aryl methyl sites for hydroxylation is 1. The second-order valence-electron chi connectivity index (χ2n) is 2.84. The molecule has 5 heteroatoms. The van der Waals surface area contributed by atoms with Gasteiger partial charge in [0.05, 0.1) is 0 Å². The SMILES string of the molecule is CCCn1nc2c3c1[P@@]3(=O)O2.